The predicted octanol–water partition coefficient (Wildman–Crippen LogP) is 6.58. The summed E-state index contributed by atoms with van der Waals surface area (Å²) < 4.78 is 52.8. The topological polar surface area (TPSA) is 179 Å². The number of carbonyl (C=O) groups is 2. The molecule has 2 heterocycles. The lowest BCUT2D eigenvalue weighted by Crippen LogP contribution is -2.46. The highest BCUT2D eigenvalue weighted by Gasteiger charge is 2.29. The lowest BCUT2D eigenvalue weighted by atomic mass is 9.99. The molecule has 2 aliphatic heterocycles. The lowest BCUT2D eigenvalue weighted by Gasteiger charge is -2.36. The number of hydrogen-bond donors (Lipinski definition) is 2. The number of nitrogens with zero attached hydrogens (tertiary/aromatic N) is 4. The number of amides is 2. The van der Waals surface area contributed by atoms with Crippen LogP contribution in [0, 0.1) is 10.1 Å². The average molecular weight is 918 g/mol. The van der Waals surface area contributed by atoms with E-state index < -0.39 is 47.3 Å². The van der Waals surface area contributed by atoms with Gasteiger partial charge in [0.05, 0.1) is 21.3 Å². The van der Waals surface area contributed by atoms with Crippen LogP contribution >= 0.6 is 23.4 Å². The summed E-state index contributed by atoms with van der Waals surface area (Å²) in [5.41, 5.74) is 3.88. The number of sulfone groups is 1. The largest absolute Gasteiger partial charge is 0.375 e. The van der Waals surface area contributed by atoms with E-state index in [9.17, 15) is 36.5 Å². The van der Waals surface area contributed by atoms with Gasteiger partial charge < -0.3 is 15.1 Å². The Morgan fingerprint density at radius 3 is 2.16 bits per heavy atom. The number of piperazine rings is 1. The molecular weight excluding hydrogens is 872 g/mol. The summed E-state index contributed by atoms with van der Waals surface area (Å²) >= 11 is 7.54. The van der Waals surface area contributed by atoms with Gasteiger partial charge in [-0.05, 0) is 77.4 Å². The minimum Gasteiger partial charge on any atom is -0.375 e. The molecule has 5 aromatic rings. The summed E-state index contributed by atoms with van der Waals surface area (Å²) in [7, 11) is -7.77. The zero-order valence-corrected chi connectivity index (χ0v) is 36.8. The van der Waals surface area contributed by atoms with Gasteiger partial charge in [0, 0.05) is 91.3 Å². The van der Waals surface area contributed by atoms with Gasteiger partial charge in [-0.3, -0.25) is 24.6 Å². The summed E-state index contributed by atoms with van der Waals surface area (Å²) in [5.74, 6) is -1.17. The molecule has 0 saturated carbocycles. The fraction of sp³-hybridized carbons (Fsp3) is 0.273. The van der Waals surface area contributed by atoms with Crippen molar-refractivity contribution < 1.29 is 31.3 Å². The predicted molar refractivity (Wildman–Crippen MR) is 243 cm³/mol. The van der Waals surface area contributed by atoms with Crippen LogP contribution in [0.3, 0.4) is 0 Å². The second kappa shape index (κ2) is 19.7. The van der Waals surface area contributed by atoms with Crippen molar-refractivity contribution in [3.05, 3.63) is 148 Å². The Labute approximate surface area is 370 Å². The Morgan fingerprint density at radius 2 is 1.48 bits per heavy atom. The molecule has 2 N–H and O–H groups in total. The van der Waals surface area contributed by atoms with Gasteiger partial charge in [-0.25, -0.2) is 21.6 Å². The zero-order valence-electron chi connectivity index (χ0n) is 33.6. The van der Waals surface area contributed by atoms with Crippen LogP contribution in [0.1, 0.15) is 22.3 Å². The van der Waals surface area contributed by atoms with Gasteiger partial charge in [-0.1, -0.05) is 66.2 Å². The fourth-order valence-electron chi connectivity index (χ4n) is 7.38. The molecule has 0 unspecified atom stereocenters. The summed E-state index contributed by atoms with van der Waals surface area (Å²) in [4.78, 5) is 44.6. The molecule has 18 heteroatoms. The van der Waals surface area contributed by atoms with Crippen molar-refractivity contribution in [3.8, 4) is 11.1 Å². The minimum atomic E-state index is -4.55. The van der Waals surface area contributed by atoms with Crippen LogP contribution in [-0.2, 0) is 31.2 Å². The number of hydrogen-bond acceptors (Lipinski definition) is 12. The first-order chi connectivity index (χ1) is 29.7. The molecule has 5 aromatic carbocycles. The van der Waals surface area contributed by atoms with Gasteiger partial charge in [-0.2, -0.15) is 0 Å². The molecule has 0 radical (unpaired) electrons. The van der Waals surface area contributed by atoms with E-state index in [1.165, 1.54) is 28.3 Å². The number of sulfonamides is 1. The highest BCUT2D eigenvalue weighted by atomic mass is 35.5. The normalized spacial score (nSPS) is 16.0. The number of carbonyl (C=O) groups excluding carboxylic acids is 2. The van der Waals surface area contributed by atoms with Gasteiger partial charge in [0.2, 0.25) is 5.91 Å². The first-order valence-electron chi connectivity index (χ1n) is 19.9. The molecule has 324 valence electrons. The van der Waals surface area contributed by atoms with Crippen LogP contribution in [-0.4, -0.2) is 106 Å². The van der Waals surface area contributed by atoms with Crippen LogP contribution in [0.5, 0.6) is 0 Å². The Morgan fingerprint density at radius 1 is 0.823 bits per heavy atom. The third kappa shape index (κ3) is 11.5. The number of benzene rings is 5. The Balaban J connectivity index is 0.973. The second-order valence-electron chi connectivity index (χ2n) is 15.0. The molecule has 14 nitrogen and oxygen atoms in total. The molecule has 2 saturated heterocycles. The Kier molecular flexibility index (Phi) is 14.2. The molecule has 62 heavy (non-hydrogen) atoms. The Hall–Kier alpha value is -5.46. The van der Waals surface area contributed by atoms with Crippen molar-refractivity contribution in [1.29, 1.82) is 0 Å². The summed E-state index contributed by atoms with van der Waals surface area (Å²) in [6, 6.07) is 34.7. The molecule has 0 bridgehead atoms. The van der Waals surface area contributed by atoms with Crippen molar-refractivity contribution in [3.63, 3.8) is 0 Å². The van der Waals surface area contributed by atoms with Gasteiger partial charge in [0.1, 0.15) is 5.69 Å². The van der Waals surface area contributed by atoms with Crippen LogP contribution in [0.4, 0.5) is 17.1 Å². The minimum absolute atomic E-state index is 0.0212. The van der Waals surface area contributed by atoms with Crippen molar-refractivity contribution in [2.75, 3.05) is 66.7 Å². The SMILES string of the molecule is O=C(NS(=O)(=O)c1ccc(N[C@@H](CSc2ccccc2)CC(=O)N2CCS(=O)(=O)CC2)c([N+](=O)[O-])c1)c1ccc(N2CCN(Cc3ccccc3-c3ccc(Cl)cc3)CC2)cc1. The number of nitro groups is 1. The monoisotopic (exact) mass is 916 g/mol. The number of rotatable bonds is 15. The molecule has 0 spiro atoms. The van der Waals surface area contributed by atoms with E-state index in [-0.39, 0.29) is 48.2 Å². The molecule has 7 rings (SSSR count). The van der Waals surface area contributed by atoms with Crippen molar-refractivity contribution in [2.24, 2.45) is 0 Å². The van der Waals surface area contributed by atoms with Crippen molar-refractivity contribution in [2.45, 2.75) is 28.8 Å². The molecule has 1 atom stereocenters. The van der Waals surface area contributed by atoms with E-state index >= 15 is 0 Å². The molecular formula is C44H45ClN6O8S3. The van der Waals surface area contributed by atoms with E-state index in [0.29, 0.717) is 10.8 Å². The maximum Gasteiger partial charge on any atom is 0.293 e. The number of anilines is 2. The first kappa shape index (κ1) is 44.6. The maximum atomic E-state index is 13.5. The second-order valence-corrected chi connectivity index (χ2v) is 20.6. The molecule has 2 fully saturated rings. The number of nitro benzene ring substituents is 1. The van der Waals surface area contributed by atoms with Gasteiger partial charge in [-0.15, -0.1) is 11.8 Å². The van der Waals surface area contributed by atoms with Gasteiger partial charge in [0.25, 0.3) is 21.6 Å². The first-order valence-corrected chi connectivity index (χ1v) is 24.6. The third-order valence-corrected chi connectivity index (χ3v) is 15.2. The smallest absolute Gasteiger partial charge is 0.293 e. The summed E-state index contributed by atoms with van der Waals surface area (Å²) in [6.07, 6.45) is -0.0943. The van der Waals surface area contributed by atoms with Crippen LogP contribution in [0.2, 0.25) is 5.02 Å². The standard InChI is InChI=1S/C44H45ClN6O8S3/c45-35-14-10-32(11-15-35)40-9-5-4-6-34(40)30-48-20-22-49(23-21-48)37-16-12-33(13-17-37)44(53)47-62(58,59)39-18-19-41(42(29-39)51(54)55)46-36(31-60-38-7-2-1-3-8-38)28-43(52)50-24-26-61(56,57)27-25-50/h1-19,29,36,46H,20-28,30-31H2,(H,47,53)/t36-/m1/s1. The molecule has 0 aliphatic carbocycles. The summed E-state index contributed by atoms with van der Waals surface area (Å²) in [6.45, 7) is 4.03. The Bertz CT molecular complexity index is 2620. The van der Waals surface area contributed by atoms with E-state index in [0.717, 1.165) is 66.6 Å². The van der Waals surface area contributed by atoms with Crippen molar-refractivity contribution in [1.82, 2.24) is 14.5 Å². The number of nitrogens with one attached hydrogen (secondary N) is 2. The zero-order chi connectivity index (χ0) is 43.9. The molecule has 2 amide bonds. The van der Waals surface area contributed by atoms with Crippen LogP contribution in [0.25, 0.3) is 11.1 Å². The fourth-order valence-corrected chi connectivity index (χ4v) is 10.6. The van der Waals surface area contributed by atoms with E-state index in [1.54, 1.807) is 24.3 Å². The lowest BCUT2D eigenvalue weighted by molar-refractivity contribution is -0.384. The molecule has 2 aliphatic rings. The third-order valence-electron chi connectivity index (χ3n) is 10.8. The maximum absolute atomic E-state index is 13.5. The quantitative estimate of drug-likeness (QED) is 0.0656. The van der Waals surface area contributed by atoms with Crippen LogP contribution < -0.4 is 14.9 Å². The van der Waals surface area contributed by atoms with E-state index in [4.69, 9.17) is 11.6 Å². The summed E-state index contributed by atoms with van der Waals surface area (Å²) in [5, 5.41) is 16.1. The van der Waals surface area contributed by atoms with Crippen LogP contribution in [0.15, 0.2) is 131 Å². The van der Waals surface area contributed by atoms with E-state index in [2.05, 4.69) is 27.2 Å². The van der Waals surface area contributed by atoms with Gasteiger partial charge in [0.15, 0.2) is 9.84 Å². The molecule has 0 aromatic heterocycles. The van der Waals surface area contributed by atoms with Crippen molar-refractivity contribution >= 4 is 72.1 Å². The highest BCUT2D eigenvalue weighted by Crippen LogP contribution is 2.31. The van der Waals surface area contributed by atoms with E-state index in [1.807, 2.05) is 71.5 Å². The number of halogens is 1. The van der Waals surface area contributed by atoms with Gasteiger partial charge >= 0.3 is 0 Å². The highest BCUT2D eigenvalue weighted by molar-refractivity contribution is 7.99. The average Bonchev–Trinajstić information content (AvgIpc) is 3.26. The number of thioether (sulfide) groups is 1.